The van der Waals surface area contributed by atoms with E-state index >= 15 is 0 Å². The minimum absolute atomic E-state index is 0.0677. The number of nitrogens with zero attached hydrogens (tertiary/aromatic N) is 1. The lowest BCUT2D eigenvalue weighted by atomic mass is 10.1. The van der Waals surface area contributed by atoms with Crippen LogP contribution in [0.4, 0.5) is 5.69 Å². The van der Waals surface area contributed by atoms with Gasteiger partial charge in [-0.05, 0) is 49.2 Å². The molecule has 0 saturated heterocycles. The Kier molecular flexibility index (Phi) is 8.02. The van der Waals surface area contributed by atoms with Gasteiger partial charge < -0.3 is 10.2 Å². The summed E-state index contributed by atoms with van der Waals surface area (Å²) in [5, 5.41) is 3.92. The topological polar surface area (TPSA) is 49.4 Å². The van der Waals surface area contributed by atoms with Crippen molar-refractivity contribution in [2.24, 2.45) is 0 Å². The first-order valence-electron chi connectivity index (χ1n) is 8.43. The number of thioether (sulfide) groups is 1. The Morgan fingerprint density at radius 1 is 1.15 bits per heavy atom. The first-order chi connectivity index (χ1) is 12.8. The van der Waals surface area contributed by atoms with Gasteiger partial charge in [0.25, 0.3) is 0 Å². The van der Waals surface area contributed by atoms with Crippen molar-refractivity contribution < 1.29 is 9.59 Å². The monoisotopic (exact) mass is 424 g/mol. The molecule has 0 aromatic heterocycles. The molecule has 4 nitrogen and oxygen atoms in total. The minimum Gasteiger partial charge on any atom is -0.338 e. The Balaban J connectivity index is 1.83. The van der Waals surface area contributed by atoms with Gasteiger partial charge in [0.15, 0.2) is 0 Å². The van der Waals surface area contributed by atoms with E-state index < -0.39 is 0 Å². The van der Waals surface area contributed by atoms with Crippen LogP contribution in [-0.2, 0) is 9.59 Å². The first kappa shape index (κ1) is 21.6. The predicted molar refractivity (Wildman–Crippen MR) is 115 cm³/mol. The molecular formula is C20H22Cl2N2O2S. The highest BCUT2D eigenvalue weighted by atomic mass is 35.5. The molecule has 1 atom stereocenters. The number of aryl methyl sites for hydroxylation is 1. The Labute approximate surface area is 174 Å². The van der Waals surface area contributed by atoms with Crippen LogP contribution in [0.2, 0.25) is 10.0 Å². The molecule has 0 saturated carbocycles. The molecule has 0 heterocycles. The fourth-order valence-electron chi connectivity index (χ4n) is 2.52. The van der Waals surface area contributed by atoms with Crippen LogP contribution in [0, 0.1) is 6.92 Å². The van der Waals surface area contributed by atoms with Crippen LogP contribution >= 0.6 is 35.0 Å². The smallest absolute Gasteiger partial charge is 0.234 e. The van der Waals surface area contributed by atoms with Gasteiger partial charge in [-0.2, -0.15) is 0 Å². The van der Waals surface area contributed by atoms with Crippen LogP contribution < -0.4 is 5.32 Å². The summed E-state index contributed by atoms with van der Waals surface area (Å²) in [4.78, 5) is 26.1. The van der Waals surface area contributed by atoms with Gasteiger partial charge in [-0.25, -0.2) is 0 Å². The third-order valence-electron chi connectivity index (χ3n) is 4.15. The molecule has 1 unspecified atom stereocenters. The Morgan fingerprint density at radius 2 is 1.89 bits per heavy atom. The molecule has 0 aliphatic rings. The molecule has 0 spiro atoms. The average Bonchev–Trinajstić information content (AvgIpc) is 2.60. The fraction of sp³-hybridized carbons (Fsp3) is 0.300. The van der Waals surface area contributed by atoms with Crippen molar-refractivity contribution in [1.29, 1.82) is 0 Å². The third-order valence-corrected chi connectivity index (χ3v) is 5.63. The van der Waals surface area contributed by atoms with E-state index in [0.29, 0.717) is 10.0 Å². The van der Waals surface area contributed by atoms with Gasteiger partial charge in [0, 0.05) is 22.8 Å². The molecule has 2 rings (SSSR count). The molecule has 7 heteroatoms. The van der Waals surface area contributed by atoms with Crippen LogP contribution in [0.1, 0.15) is 24.1 Å². The number of rotatable bonds is 7. The summed E-state index contributed by atoms with van der Waals surface area (Å²) < 4.78 is 0. The van der Waals surface area contributed by atoms with Crippen molar-refractivity contribution in [3.05, 3.63) is 63.6 Å². The summed E-state index contributed by atoms with van der Waals surface area (Å²) in [5.74, 6) is 0.230. The second kappa shape index (κ2) is 10.0. The van der Waals surface area contributed by atoms with Gasteiger partial charge in [0.1, 0.15) is 0 Å². The summed E-state index contributed by atoms with van der Waals surface area (Å²) in [5.41, 5.74) is 2.67. The van der Waals surface area contributed by atoms with E-state index in [1.165, 1.54) is 11.8 Å². The summed E-state index contributed by atoms with van der Waals surface area (Å²) in [7, 11) is 1.73. The van der Waals surface area contributed by atoms with Crippen LogP contribution in [0.5, 0.6) is 0 Å². The number of carbonyl (C=O) groups is 2. The number of amides is 2. The Morgan fingerprint density at radius 3 is 2.56 bits per heavy atom. The third kappa shape index (κ3) is 6.45. The number of hydrogen-bond donors (Lipinski definition) is 1. The molecule has 0 fully saturated rings. The number of anilines is 1. The molecular weight excluding hydrogens is 403 g/mol. The molecule has 0 aliphatic carbocycles. The van der Waals surface area contributed by atoms with Crippen LogP contribution in [-0.4, -0.2) is 35.3 Å². The van der Waals surface area contributed by atoms with E-state index in [9.17, 15) is 9.59 Å². The number of halogens is 2. The predicted octanol–water partition coefficient (Wildman–Crippen LogP) is 5.19. The number of carbonyl (C=O) groups excluding carboxylic acids is 2. The first-order valence-corrected chi connectivity index (χ1v) is 10.3. The highest BCUT2D eigenvalue weighted by Crippen LogP contribution is 2.29. The van der Waals surface area contributed by atoms with E-state index in [1.807, 2.05) is 44.2 Å². The molecule has 1 N–H and O–H groups in total. The standard InChI is InChI=1S/C20H22Cl2N2O2S/c1-13-5-4-6-16(9-13)23-19(25)11-27-12-20(26)24(3)14(2)17-8-7-15(21)10-18(17)22/h4-10,14H,11-12H2,1-3H3,(H,23,25). The van der Waals surface area contributed by atoms with E-state index in [1.54, 1.807) is 24.1 Å². The lowest BCUT2D eigenvalue weighted by molar-refractivity contribution is -0.128. The summed E-state index contributed by atoms with van der Waals surface area (Å²) >= 11 is 13.4. The van der Waals surface area contributed by atoms with Crippen molar-refractivity contribution in [3.63, 3.8) is 0 Å². The molecule has 0 radical (unpaired) electrons. The quantitative estimate of drug-likeness (QED) is 0.664. The average molecular weight is 425 g/mol. The lowest BCUT2D eigenvalue weighted by Gasteiger charge is -2.26. The van der Waals surface area contributed by atoms with Crippen molar-refractivity contribution >= 4 is 52.5 Å². The van der Waals surface area contributed by atoms with Crippen LogP contribution in [0.25, 0.3) is 0 Å². The zero-order valence-electron chi connectivity index (χ0n) is 15.5. The Hall–Kier alpha value is -1.69. The van der Waals surface area contributed by atoms with Crippen molar-refractivity contribution in [2.45, 2.75) is 19.9 Å². The highest BCUT2D eigenvalue weighted by Gasteiger charge is 2.20. The molecule has 2 amide bonds. The van der Waals surface area contributed by atoms with E-state index in [0.717, 1.165) is 16.8 Å². The SMILES string of the molecule is Cc1cccc(NC(=O)CSCC(=O)N(C)C(C)c2ccc(Cl)cc2Cl)c1. The normalized spacial score (nSPS) is 11.7. The zero-order chi connectivity index (χ0) is 20.0. The minimum atomic E-state index is -0.191. The second-order valence-corrected chi connectivity index (χ2v) is 8.09. The van der Waals surface area contributed by atoms with Gasteiger partial charge in [-0.1, -0.05) is 41.4 Å². The van der Waals surface area contributed by atoms with E-state index in [4.69, 9.17) is 23.2 Å². The summed E-state index contributed by atoms with van der Waals surface area (Å²) in [6.45, 7) is 3.87. The molecule has 0 bridgehead atoms. The molecule has 2 aromatic rings. The highest BCUT2D eigenvalue weighted by molar-refractivity contribution is 8.00. The largest absolute Gasteiger partial charge is 0.338 e. The maximum Gasteiger partial charge on any atom is 0.234 e. The maximum absolute atomic E-state index is 12.4. The summed E-state index contributed by atoms with van der Waals surface area (Å²) in [6.07, 6.45) is 0. The maximum atomic E-state index is 12.4. The molecule has 27 heavy (non-hydrogen) atoms. The lowest BCUT2D eigenvalue weighted by Crippen LogP contribution is -2.31. The fourth-order valence-corrected chi connectivity index (χ4v) is 3.82. The number of hydrogen-bond acceptors (Lipinski definition) is 3. The van der Waals surface area contributed by atoms with Gasteiger partial charge in [-0.15, -0.1) is 11.8 Å². The van der Waals surface area contributed by atoms with Crippen molar-refractivity contribution in [2.75, 3.05) is 23.9 Å². The van der Waals surface area contributed by atoms with Crippen molar-refractivity contribution in [1.82, 2.24) is 4.90 Å². The molecule has 144 valence electrons. The molecule has 2 aromatic carbocycles. The van der Waals surface area contributed by atoms with Gasteiger partial charge >= 0.3 is 0 Å². The van der Waals surface area contributed by atoms with Crippen LogP contribution in [0.15, 0.2) is 42.5 Å². The van der Waals surface area contributed by atoms with Gasteiger partial charge in [-0.3, -0.25) is 9.59 Å². The zero-order valence-corrected chi connectivity index (χ0v) is 17.8. The summed E-state index contributed by atoms with van der Waals surface area (Å²) in [6, 6.07) is 12.6. The van der Waals surface area contributed by atoms with E-state index in [2.05, 4.69) is 5.32 Å². The Bertz CT molecular complexity index is 829. The second-order valence-electron chi connectivity index (χ2n) is 6.26. The van der Waals surface area contributed by atoms with E-state index in [-0.39, 0.29) is 29.4 Å². The van der Waals surface area contributed by atoms with Crippen molar-refractivity contribution in [3.8, 4) is 0 Å². The number of nitrogens with one attached hydrogen (secondary N) is 1. The van der Waals surface area contributed by atoms with Gasteiger partial charge in [0.05, 0.1) is 17.5 Å². The molecule has 0 aliphatic heterocycles. The van der Waals surface area contributed by atoms with Crippen LogP contribution in [0.3, 0.4) is 0 Å². The van der Waals surface area contributed by atoms with Gasteiger partial charge in [0.2, 0.25) is 11.8 Å². The number of benzene rings is 2.